The second-order valence-electron chi connectivity index (χ2n) is 5.48. The number of aliphatic hydroxyl groups is 1. The Kier molecular flexibility index (Phi) is 3.85. The van der Waals surface area contributed by atoms with Crippen LogP contribution in [0.2, 0.25) is 0 Å². The SMILES string of the molecule is O=c1[nH]c(CCN2CCC[C@@H]2CO)cc2ccccc12. The van der Waals surface area contributed by atoms with Crippen LogP contribution >= 0.6 is 0 Å². The van der Waals surface area contributed by atoms with E-state index in [1.165, 1.54) is 0 Å². The summed E-state index contributed by atoms with van der Waals surface area (Å²) < 4.78 is 0. The first kappa shape index (κ1) is 13.3. The highest BCUT2D eigenvalue weighted by molar-refractivity contribution is 5.81. The lowest BCUT2D eigenvalue weighted by Crippen LogP contribution is -2.34. The standard InChI is InChI=1S/C16H20N2O2/c19-11-14-5-3-8-18(14)9-7-13-10-12-4-1-2-6-15(12)16(20)17-13/h1-2,4,6,10,14,19H,3,5,7-9,11H2,(H,17,20)/t14-/m1/s1. The van der Waals surface area contributed by atoms with Gasteiger partial charge in [0.15, 0.2) is 0 Å². The van der Waals surface area contributed by atoms with Crippen molar-refractivity contribution in [3.8, 4) is 0 Å². The fraction of sp³-hybridized carbons (Fsp3) is 0.438. The van der Waals surface area contributed by atoms with E-state index in [0.717, 1.165) is 48.8 Å². The number of likely N-dealkylation sites (tertiary alicyclic amines) is 1. The number of aromatic nitrogens is 1. The van der Waals surface area contributed by atoms with Gasteiger partial charge < -0.3 is 10.1 Å². The van der Waals surface area contributed by atoms with E-state index in [9.17, 15) is 9.90 Å². The van der Waals surface area contributed by atoms with E-state index < -0.39 is 0 Å². The summed E-state index contributed by atoms with van der Waals surface area (Å²) in [5.41, 5.74) is 0.954. The molecular weight excluding hydrogens is 252 g/mol. The zero-order chi connectivity index (χ0) is 13.9. The summed E-state index contributed by atoms with van der Waals surface area (Å²) in [6.07, 6.45) is 3.04. The van der Waals surface area contributed by atoms with E-state index in [-0.39, 0.29) is 12.2 Å². The van der Waals surface area contributed by atoms with Crippen LogP contribution in [0.3, 0.4) is 0 Å². The van der Waals surface area contributed by atoms with Crippen LogP contribution in [0.25, 0.3) is 10.8 Å². The minimum absolute atomic E-state index is 0.0155. The van der Waals surface area contributed by atoms with Crippen molar-refractivity contribution in [2.24, 2.45) is 0 Å². The second kappa shape index (κ2) is 5.77. The van der Waals surface area contributed by atoms with E-state index in [0.29, 0.717) is 6.04 Å². The molecule has 20 heavy (non-hydrogen) atoms. The normalized spacial score (nSPS) is 19.8. The van der Waals surface area contributed by atoms with Gasteiger partial charge in [-0.05, 0) is 36.9 Å². The Hall–Kier alpha value is -1.65. The van der Waals surface area contributed by atoms with E-state index in [2.05, 4.69) is 16.0 Å². The number of hydrogen-bond donors (Lipinski definition) is 2. The van der Waals surface area contributed by atoms with Gasteiger partial charge in [0.2, 0.25) is 0 Å². The van der Waals surface area contributed by atoms with E-state index in [1.54, 1.807) is 0 Å². The van der Waals surface area contributed by atoms with Gasteiger partial charge in [-0.1, -0.05) is 18.2 Å². The zero-order valence-electron chi connectivity index (χ0n) is 11.5. The smallest absolute Gasteiger partial charge is 0.256 e. The van der Waals surface area contributed by atoms with Crippen molar-refractivity contribution in [3.63, 3.8) is 0 Å². The predicted octanol–water partition coefficient (Wildman–Crippen LogP) is 1.53. The Balaban J connectivity index is 1.76. The molecule has 4 heteroatoms. The van der Waals surface area contributed by atoms with Crippen LogP contribution < -0.4 is 5.56 Å². The molecule has 0 amide bonds. The number of fused-ring (bicyclic) bond motifs is 1. The minimum Gasteiger partial charge on any atom is -0.395 e. The maximum atomic E-state index is 12.0. The molecule has 1 aliphatic rings. The fourth-order valence-electron chi connectivity index (χ4n) is 3.06. The number of benzene rings is 1. The lowest BCUT2D eigenvalue weighted by atomic mass is 10.1. The third-order valence-electron chi connectivity index (χ3n) is 4.19. The maximum Gasteiger partial charge on any atom is 0.256 e. The van der Waals surface area contributed by atoms with Gasteiger partial charge >= 0.3 is 0 Å². The van der Waals surface area contributed by atoms with E-state index in [1.807, 2.05) is 24.3 Å². The lowest BCUT2D eigenvalue weighted by Gasteiger charge is -2.22. The van der Waals surface area contributed by atoms with Gasteiger partial charge in [-0.15, -0.1) is 0 Å². The summed E-state index contributed by atoms with van der Waals surface area (Å²) in [4.78, 5) is 17.3. The number of aromatic amines is 1. The molecule has 3 rings (SSSR count). The fourth-order valence-corrected chi connectivity index (χ4v) is 3.06. The van der Waals surface area contributed by atoms with Crippen LogP contribution in [0.4, 0.5) is 0 Å². The average Bonchev–Trinajstić information content (AvgIpc) is 2.93. The Morgan fingerprint density at radius 1 is 1.35 bits per heavy atom. The maximum absolute atomic E-state index is 12.0. The summed E-state index contributed by atoms with van der Waals surface area (Å²) in [6, 6.07) is 10.0. The van der Waals surface area contributed by atoms with Gasteiger partial charge in [-0.2, -0.15) is 0 Å². The third kappa shape index (κ3) is 2.62. The number of rotatable bonds is 4. The highest BCUT2D eigenvalue weighted by Crippen LogP contribution is 2.17. The van der Waals surface area contributed by atoms with Gasteiger partial charge in [-0.25, -0.2) is 0 Å². The molecule has 0 saturated carbocycles. The van der Waals surface area contributed by atoms with Crippen molar-refractivity contribution in [1.29, 1.82) is 0 Å². The van der Waals surface area contributed by atoms with Crippen molar-refractivity contribution in [2.75, 3.05) is 19.7 Å². The topological polar surface area (TPSA) is 56.3 Å². The van der Waals surface area contributed by atoms with Gasteiger partial charge in [-0.3, -0.25) is 9.69 Å². The number of H-pyrrole nitrogens is 1. The van der Waals surface area contributed by atoms with Crippen LogP contribution in [0.1, 0.15) is 18.5 Å². The largest absolute Gasteiger partial charge is 0.395 e. The molecule has 0 bridgehead atoms. The van der Waals surface area contributed by atoms with Gasteiger partial charge in [0.25, 0.3) is 5.56 Å². The monoisotopic (exact) mass is 272 g/mol. The number of aliphatic hydroxyl groups excluding tert-OH is 1. The highest BCUT2D eigenvalue weighted by atomic mass is 16.3. The number of nitrogens with zero attached hydrogens (tertiary/aromatic N) is 1. The molecule has 1 atom stereocenters. The molecule has 0 radical (unpaired) electrons. The van der Waals surface area contributed by atoms with Crippen molar-refractivity contribution < 1.29 is 5.11 Å². The molecule has 0 spiro atoms. The summed E-state index contributed by atoms with van der Waals surface area (Å²) >= 11 is 0. The molecule has 1 saturated heterocycles. The zero-order valence-corrected chi connectivity index (χ0v) is 11.5. The second-order valence-corrected chi connectivity index (χ2v) is 5.48. The quantitative estimate of drug-likeness (QED) is 0.887. The highest BCUT2D eigenvalue weighted by Gasteiger charge is 2.23. The molecule has 0 aliphatic carbocycles. The third-order valence-corrected chi connectivity index (χ3v) is 4.19. The molecule has 0 unspecified atom stereocenters. The van der Waals surface area contributed by atoms with Crippen LogP contribution in [-0.4, -0.2) is 40.7 Å². The molecule has 2 N–H and O–H groups in total. The number of pyridine rings is 1. The van der Waals surface area contributed by atoms with E-state index >= 15 is 0 Å². The first-order chi connectivity index (χ1) is 9.78. The molecule has 1 fully saturated rings. The van der Waals surface area contributed by atoms with Crippen molar-refractivity contribution in [2.45, 2.75) is 25.3 Å². The Labute approximate surface area is 118 Å². The lowest BCUT2D eigenvalue weighted by molar-refractivity contribution is 0.160. The molecule has 106 valence electrons. The summed E-state index contributed by atoms with van der Waals surface area (Å²) in [5, 5.41) is 11.1. The Morgan fingerprint density at radius 2 is 2.20 bits per heavy atom. The summed E-state index contributed by atoms with van der Waals surface area (Å²) in [5.74, 6) is 0. The van der Waals surface area contributed by atoms with Crippen molar-refractivity contribution in [3.05, 3.63) is 46.4 Å². The summed E-state index contributed by atoms with van der Waals surface area (Å²) in [6.45, 7) is 2.16. The molecule has 1 aliphatic heterocycles. The molecule has 1 aromatic heterocycles. The Morgan fingerprint density at radius 3 is 3.05 bits per heavy atom. The van der Waals surface area contributed by atoms with Gasteiger partial charge in [0, 0.05) is 30.1 Å². The molecule has 4 nitrogen and oxygen atoms in total. The molecule has 2 aromatic rings. The van der Waals surface area contributed by atoms with Crippen LogP contribution in [-0.2, 0) is 6.42 Å². The Bertz CT molecular complexity index is 650. The van der Waals surface area contributed by atoms with Crippen LogP contribution in [0.5, 0.6) is 0 Å². The summed E-state index contributed by atoms with van der Waals surface area (Å²) in [7, 11) is 0. The van der Waals surface area contributed by atoms with Gasteiger partial charge in [0.1, 0.15) is 0 Å². The minimum atomic E-state index is -0.0155. The van der Waals surface area contributed by atoms with Crippen LogP contribution in [0.15, 0.2) is 35.1 Å². The van der Waals surface area contributed by atoms with Crippen molar-refractivity contribution in [1.82, 2.24) is 9.88 Å². The first-order valence-electron chi connectivity index (χ1n) is 7.24. The first-order valence-corrected chi connectivity index (χ1v) is 7.24. The number of nitrogens with one attached hydrogen (secondary N) is 1. The van der Waals surface area contributed by atoms with Gasteiger partial charge in [0.05, 0.1) is 6.61 Å². The van der Waals surface area contributed by atoms with E-state index in [4.69, 9.17) is 0 Å². The molecular formula is C16H20N2O2. The average molecular weight is 272 g/mol. The predicted molar refractivity (Wildman–Crippen MR) is 80.0 cm³/mol. The van der Waals surface area contributed by atoms with Crippen molar-refractivity contribution >= 4 is 10.8 Å². The number of hydrogen-bond acceptors (Lipinski definition) is 3. The molecule has 2 heterocycles. The molecule has 1 aromatic carbocycles. The van der Waals surface area contributed by atoms with Crippen LogP contribution in [0, 0.1) is 0 Å².